The SMILES string of the molecule is CC(=O)c1ccc(F)c(-c2cccc(F)c2)c1. The molecule has 86 valence electrons. The van der Waals surface area contributed by atoms with Gasteiger partial charge in [0, 0.05) is 11.1 Å². The summed E-state index contributed by atoms with van der Waals surface area (Å²) in [4.78, 5) is 11.2. The molecule has 0 aliphatic carbocycles. The van der Waals surface area contributed by atoms with Gasteiger partial charge in [-0.3, -0.25) is 4.79 Å². The van der Waals surface area contributed by atoms with Gasteiger partial charge in [-0.15, -0.1) is 0 Å². The predicted molar refractivity (Wildman–Crippen MR) is 61.8 cm³/mol. The lowest BCUT2D eigenvalue weighted by atomic mass is 10.0. The number of hydrogen-bond acceptors (Lipinski definition) is 1. The van der Waals surface area contributed by atoms with E-state index in [-0.39, 0.29) is 11.3 Å². The Balaban J connectivity index is 2.58. The van der Waals surface area contributed by atoms with Crippen LogP contribution in [0, 0.1) is 11.6 Å². The van der Waals surface area contributed by atoms with Crippen molar-refractivity contribution in [3.05, 3.63) is 59.7 Å². The first-order chi connectivity index (χ1) is 8.08. The molecule has 0 saturated carbocycles. The van der Waals surface area contributed by atoms with Gasteiger partial charge in [0.05, 0.1) is 0 Å². The van der Waals surface area contributed by atoms with E-state index in [0.29, 0.717) is 11.1 Å². The molecule has 0 N–H and O–H groups in total. The summed E-state index contributed by atoms with van der Waals surface area (Å²) in [5, 5.41) is 0. The molecule has 0 bridgehead atoms. The van der Waals surface area contributed by atoms with E-state index in [1.807, 2.05) is 0 Å². The third-order valence-corrected chi connectivity index (χ3v) is 2.51. The predicted octanol–water partition coefficient (Wildman–Crippen LogP) is 3.83. The molecule has 0 unspecified atom stereocenters. The summed E-state index contributed by atoms with van der Waals surface area (Å²) in [6.07, 6.45) is 0. The van der Waals surface area contributed by atoms with E-state index in [9.17, 15) is 13.6 Å². The number of benzene rings is 2. The summed E-state index contributed by atoms with van der Waals surface area (Å²) >= 11 is 0. The molecule has 17 heavy (non-hydrogen) atoms. The van der Waals surface area contributed by atoms with Crippen molar-refractivity contribution in [3.63, 3.8) is 0 Å². The Kier molecular flexibility index (Phi) is 3.00. The van der Waals surface area contributed by atoms with Crippen LogP contribution in [0.5, 0.6) is 0 Å². The Bertz CT molecular complexity index is 576. The maximum absolute atomic E-state index is 13.6. The smallest absolute Gasteiger partial charge is 0.159 e. The van der Waals surface area contributed by atoms with Crippen LogP contribution in [0.1, 0.15) is 17.3 Å². The Hall–Kier alpha value is -2.03. The number of Topliss-reactive ketones (excluding diaryl/α,β-unsaturated/α-hetero) is 1. The lowest BCUT2D eigenvalue weighted by Gasteiger charge is -2.05. The van der Waals surface area contributed by atoms with Crippen LogP contribution < -0.4 is 0 Å². The van der Waals surface area contributed by atoms with Crippen molar-refractivity contribution in [3.8, 4) is 11.1 Å². The lowest BCUT2D eigenvalue weighted by molar-refractivity contribution is 0.101. The maximum atomic E-state index is 13.6. The minimum atomic E-state index is -0.472. The first-order valence-corrected chi connectivity index (χ1v) is 5.14. The lowest BCUT2D eigenvalue weighted by Crippen LogP contribution is -1.94. The van der Waals surface area contributed by atoms with Crippen molar-refractivity contribution in [2.75, 3.05) is 0 Å². The molecule has 2 aromatic rings. The number of hydrogen-bond donors (Lipinski definition) is 0. The van der Waals surface area contributed by atoms with Crippen LogP contribution >= 0.6 is 0 Å². The highest BCUT2D eigenvalue weighted by Gasteiger charge is 2.09. The average Bonchev–Trinajstić information content (AvgIpc) is 2.29. The van der Waals surface area contributed by atoms with Crippen molar-refractivity contribution in [1.29, 1.82) is 0 Å². The van der Waals surface area contributed by atoms with E-state index in [1.54, 1.807) is 6.07 Å². The van der Waals surface area contributed by atoms with E-state index in [1.165, 1.54) is 43.3 Å². The molecule has 0 aromatic heterocycles. The quantitative estimate of drug-likeness (QED) is 0.719. The largest absolute Gasteiger partial charge is 0.295 e. The molecule has 0 heterocycles. The summed E-state index contributed by atoms with van der Waals surface area (Å²) in [6.45, 7) is 1.41. The molecular formula is C14H10F2O. The van der Waals surface area contributed by atoms with E-state index in [0.717, 1.165) is 0 Å². The van der Waals surface area contributed by atoms with Gasteiger partial charge in [0.15, 0.2) is 5.78 Å². The molecule has 0 fully saturated rings. The topological polar surface area (TPSA) is 17.1 Å². The molecule has 0 aliphatic heterocycles. The van der Waals surface area contributed by atoms with Gasteiger partial charge in [-0.05, 0) is 42.8 Å². The highest BCUT2D eigenvalue weighted by atomic mass is 19.1. The van der Waals surface area contributed by atoms with Crippen molar-refractivity contribution >= 4 is 5.78 Å². The molecule has 2 rings (SSSR count). The highest BCUT2D eigenvalue weighted by molar-refractivity contribution is 5.95. The number of rotatable bonds is 2. The minimum Gasteiger partial charge on any atom is -0.295 e. The second-order valence-electron chi connectivity index (χ2n) is 3.76. The third-order valence-electron chi connectivity index (χ3n) is 2.51. The Labute approximate surface area is 97.7 Å². The van der Waals surface area contributed by atoms with Gasteiger partial charge < -0.3 is 0 Å². The van der Waals surface area contributed by atoms with E-state index in [2.05, 4.69) is 0 Å². The Morgan fingerprint density at radius 3 is 2.47 bits per heavy atom. The number of halogens is 2. The molecule has 0 aliphatic rings. The normalized spacial score (nSPS) is 10.3. The molecular weight excluding hydrogens is 222 g/mol. The van der Waals surface area contributed by atoms with Gasteiger partial charge in [0.25, 0.3) is 0 Å². The molecule has 0 amide bonds. The molecule has 0 saturated heterocycles. The zero-order valence-corrected chi connectivity index (χ0v) is 9.21. The molecule has 2 aromatic carbocycles. The highest BCUT2D eigenvalue weighted by Crippen LogP contribution is 2.24. The van der Waals surface area contributed by atoms with Gasteiger partial charge in [-0.1, -0.05) is 12.1 Å². The molecule has 0 spiro atoms. The minimum absolute atomic E-state index is 0.150. The molecule has 3 heteroatoms. The van der Waals surface area contributed by atoms with Crippen LogP contribution in [-0.2, 0) is 0 Å². The fourth-order valence-electron chi connectivity index (χ4n) is 1.62. The fourth-order valence-corrected chi connectivity index (χ4v) is 1.62. The summed E-state index contributed by atoms with van der Waals surface area (Å²) < 4.78 is 26.7. The van der Waals surface area contributed by atoms with Crippen molar-refractivity contribution in [2.24, 2.45) is 0 Å². The first-order valence-electron chi connectivity index (χ1n) is 5.14. The Morgan fingerprint density at radius 2 is 1.82 bits per heavy atom. The number of ketones is 1. The van der Waals surface area contributed by atoms with Gasteiger partial charge in [0.1, 0.15) is 11.6 Å². The van der Waals surface area contributed by atoms with E-state index in [4.69, 9.17) is 0 Å². The number of carbonyl (C=O) groups excluding carboxylic acids is 1. The standard InChI is InChI=1S/C14H10F2O/c1-9(17)10-5-6-14(16)13(8-10)11-3-2-4-12(15)7-11/h2-8H,1H3. The fraction of sp³-hybridized carbons (Fsp3) is 0.0714. The monoisotopic (exact) mass is 232 g/mol. The van der Waals surface area contributed by atoms with E-state index >= 15 is 0 Å². The van der Waals surface area contributed by atoms with Crippen LogP contribution in [0.15, 0.2) is 42.5 Å². The van der Waals surface area contributed by atoms with Crippen LogP contribution in [0.3, 0.4) is 0 Å². The van der Waals surface area contributed by atoms with Crippen LogP contribution in [0.25, 0.3) is 11.1 Å². The van der Waals surface area contributed by atoms with Gasteiger partial charge in [-0.2, -0.15) is 0 Å². The summed E-state index contributed by atoms with van der Waals surface area (Å²) in [7, 11) is 0. The molecule has 0 radical (unpaired) electrons. The zero-order chi connectivity index (χ0) is 12.4. The first kappa shape index (κ1) is 11.5. The van der Waals surface area contributed by atoms with Gasteiger partial charge in [0.2, 0.25) is 0 Å². The van der Waals surface area contributed by atoms with Crippen LogP contribution in [0.2, 0.25) is 0 Å². The van der Waals surface area contributed by atoms with Gasteiger partial charge in [-0.25, -0.2) is 8.78 Å². The summed E-state index contributed by atoms with van der Waals surface area (Å²) in [5.41, 5.74) is 1.06. The third kappa shape index (κ3) is 2.38. The summed E-state index contributed by atoms with van der Waals surface area (Å²) in [6, 6.07) is 9.71. The Morgan fingerprint density at radius 1 is 1.06 bits per heavy atom. The van der Waals surface area contributed by atoms with Crippen LogP contribution in [-0.4, -0.2) is 5.78 Å². The molecule has 1 nitrogen and oxygen atoms in total. The average molecular weight is 232 g/mol. The van der Waals surface area contributed by atoms with Crippen molar-refractivity contribution in [2.45, 2.75) is 6.92 Å². The van der Waals surface area contributed by atoms with Crippen LogP contribution in [0.4, 0.5) is 8.78 Å². The number of carbonyl (C=O) groups is 1. The molecule has 0 atom stereocenters. The van der Waals surface area contributed by atoms with E-state index < -0.39 is 11.6 Å². The van der Waals surface area contributed by atoms with Crippen molar-refractivity contribution < 1.29 is 13.6 Å². The second kappa shape index (κ2) is 4.45. The maximum Gasteiger partial charge on any atom is 0.159 e. The summed E-state index contributed by atoms with van der Waals surface area (Å²) in [5.74, 6) is -1.06. The van der Waals surface area contributed by atoms with Crippen molar-refractivity contribution in [1.82, 2.24) is 0 Å². The second-order valence-corrected chi connectivity index (χ2v) is 3.76. The van der Waals surface area contributed by atoms with Gasteiger partial charge >= 0.3 is 0 Å². The zero-order valence-electron chi connectivity index (χ0n) is 9.21.